The average Bonchev–Trinajstić information content (AvgIpc) is 2.19. The van der Waals surface area contributed by atoms with E-state index in [9.17, 15) is 10.1 Å². The molecule has 5 heteroatoms. The molecule has 0 aliphatic carbocycles. The van der Waals surface area contributed by atoms with Crippen LogP contribution in [0.1, 0.15) is 12.5 Å². The van der Waals surface area contributed by atoms with E-state index in [1.807, 2.05) is 13.0 Å². The fraction of sp³-hybridized carbons (Fsp3) is 0.333. The van der Waals surface area contributed by atoms with E-state index in [0.717, 1.165) is 11.7 Å². The summed E-state index contributed by atoms with van der Waals surface area (Å²) >= 11 is 0. The van der Waals surface area contributed by atoms with Gasteiger partial charge in [-0.3, -0.25) is 10.1 Å². The number of benzene rings is 1. The topological polar surface area (TPSA) is 52.4 Å². The zero-order chi connectivity index (χ0) is 10.4. The predicted octanol–water partition coefficient (Wildman–Crippen LogP) is 2.72. The zero-order valence-electron chi connectivity index (χ0n) is 7.90. The second kappa shape index (κ2) is 5.68. The summed E-state index contributed by atoms with van der Waals surface area (Å²) in [6.45, 7) is 2.62. The molecule has 1 atom stereocenters. The lowest BCUT2D eigenvalue weighted by Crippen LogP contribution is -1.89. The van der Waals surface area contributed by atoms with E-state index in [2.05, 4.69) is 0 Å². The summed E-state index contributed by atoms with van der Waals surface area (Å²) < 4.78 is 5.20. The van der Waals surface area contributed by atoms with Gasteiger partial charge in [-0.15, -0.1) is 0 Å². The lowest BCUT2D eigenvalue weighted by molar-refractivity contribution is -0.384. The van der Waals surface area contributed by atoms with Crippen molar-refractivity contribution >= 4 is 14.5 Å². The summed E-state index contributed by atoms with van der Waals surface area (Å²) in [5.74, 6) is 0. The Bertz CT molecular complexity index is 317. The quantitative estimate of drug-likeness (QED) is 0.327. The van der Waals surface area contributed by atoms with Crippen molar-refractivity contribution in [1.29, 1.82) is 0 Å². The van der Waals surface area contributed by atoms with Gasteiger partial charge >= 0.3 is 0 Å². The van der Waals surface area contributed by atoms with Crippen molar-refractivity contribution in [2.24, 2.45) is 0 Å². The van der Waals surface area contributed by atoms with Crippen LogP contribution < -0.4 is 0 Å². The zero-order valence-corrected chi connectivity index (χ0v) is 8.90. The van der Waals surface area contributed by atoms with Gasteiger partial charge in [0.05, 0.1) is 4.92 Å². The maximum absolute atomic E-state index is 10.5. The molecule has 0 saturated carbocycles. The molecule has 0 aromatic heterocycles. The minimum atomic E-state index is -0.382. The summed E-state index contributed by atoms with van der Waals surface area (Å²) in [4.78, 5) is 10.1. The maximum Gasteiger partial charge on any atom is 0.269 e. The lowest BCUT2D eigenvalue weighted by atomic mass is 10.2. The fourth-order valence-electron chi connectivity index (χ4n) is 1.02. The SMILES string of the molecule is CCOPCc1cccc([N+](=O)[O-])c1. The average molecular weight is 213 g/mol. The third kappa shape index (κ3) is 3.40. The van der Waals surface area contributed by atoms with Gasteiger partial charge in [0.1, 0.15) is 0 Å². The Kier molecular flexibility index (Phi) is 4.50. The molecule has 0 N–H and O–H groups in total. The van der Waals surface area contributed by atoms with E-state index >= 15 is 0 Å². The molecule has 0 fully saturated rings. The Labute approximate surface area is 84.3 Å². The number of hydrogen-bond donors (Lipinski definition) is 0. The standard InChI is InChI=1S/C9H12NO3P/c1-2-13-14-7-8-4-3-5-9(6-8)10(11)12/h3-6,14H,2,7H2,1H3. The first kappa shape index (κ1) is 11.1. The third-order valence-corrected chi connectivity index (χ3v) is 2.69. The van der Waals surface area contributed by atoms with Gasteiger partial charge < -0.3 is 4.52 Å². The maximum atomic E-state index is 10.5. The summed E-state index contributed by atoms with van der Waals surface area (Å²) in [6.07, 6.45) is 0.746. The smallest absolute Gasteiger partial charge is 0.269 e. The summed E-state index contributed by atoms with van der Waals surface area (Å²) in [6, 6.07) is 6.65. The van der Waals surface area contributed by atoms with E-state index < -0.39 is 0 Å². The van der Waals surface area contributed by atoms with E-state index in [4.69, 9.17) is 4.52 Å². The van der Waals surface area contributed by atoms with Crippen molar-refractivity contribution in [2.45, 2.75) is 13.1 Å². The molecule has 14 heavy (non-hydrogen) atoms. The molecule has 0 aliphatic heterocycles. The first-order valence-electron chi connectivity index (χ1n) is 4.32. The monoisotopic (exact) mass is 213 g/mol. The molecule has 1 aromatic carbocycles. The Morgan fingerprint density at radius 1 is 1.57 bits per heavy atom. The largest absolute Gasteiger partial charge is 0.362 e. The molecule has 1 rings (SSSR count). The van der Waals surface area contributed by atoms with Crippen LogP contribution in [0, 0.1) is 10.1 Å². The van der Waals surface area contributed by atoms with Crippen molar-refractivity contribution in [3.8, 4) is 0 Å². The number of rotatable bonds is 5. The number of nitro benzene ring substituents is 1. The highest BCUT2D eigenvalue weighted by Gasteiger charge is 2.04. The van der Waals surface area contributed by atoms with Crippen LogP contribution in [-0.4, -0.2) is 11.5 Å². The summed E-state index contributed by atoms with van der Waals surface area (Å²) in [7, 11) is 0.377. The van der Waals surface area contributed by atoms with Crippen molar-refractivity contribution in [3.05, 3.63) is 39.9 Å². The third-order valence-electron chi connectivity index (χ3n) is 1.64. The van der Waals surface area contributed by atoms with Gasteiger partial charge in [0.25, 0.3) is 5.69 Å². The molecule has 0 amide bonds. The van der Waals surface area contributed by atoms with Crippen molar-refractivity contribution in [2.75, 3.05) is 6.61 Å². The molecule has 0 spiro atoms. The number of nitro groups is 1. The Morgan fingerprint density at radius 2 is 2.36 bits per heavy atom. The van der Waals surface area contributed by atoms with Crippen LogP contribution in [-0.2, 0) is 10.7 Å². The van der Waals surface area contributed by atoms with Crippen LogP contribution in [0.5, 0.6) is 0 Å². The minimum Gasteiger partial charge on any atom is -0.362 e. The van der Waals surface area contributed by atoms with E-state index in [-0.39, 0.29) is 10.6 Å². The van der Waals surface area contributed by atoms with Gasteiger partial charge in [-0.1, -0.05) is 12.1 Å². The van der Waals surface area contributed by atoms with E-state index in [1.165, 1.54) is 6.07 Å². The highest BCUT2D eigenvalue weighted by molar-refractivity contribution is 7.31. The van der Waals surface area contributed by atoms with Crippen LogP contribution in [0.3, 0.4) is 0 Å². The van der Waals surface area contributed by atoms with Crippen LogP contribution in [0.15, 0.2) is 24.3 Å². The van der Waals surface area contributed by atoms with Crippen LogP contribution in [0.2, 0.25) is 0 Å². The van der Waals surface area contributed by atoms with Crippen LogP contribution >= 0.6 is 8.81 Å². The molecular weight excluding hydrogens is 201 g/mol. The van der Waals surface area contributed by atoms with Gasteiger partial charge in [-0.05, 0) is 12.5 Å². The lowest BCUT2D eigenvalue weighted by Gasteiger charge is -2.00. The first-order valence-corrected chi connectivity index (χ1v) is 5.43. The van der Waals surface area contributed by atoms with Gasteiger partial charge in [-0.25, -0.2) is 0 Å². The predicted molar refractivity (Wildman–Crippen MR) is 56.7 cm³/mol. The molecule has 0 aliphatic rings. The number of nitrogens with zero attached hydrogens (tertiary/aromatic N) is 1. The summed E-state index contributed by atoms with van der Waals surface area (Å²) in [5, 5.41) is 10.5. The number of hydrogen-bond acceptors (Lipinski definition) is 3. The molecule has 0 bridgehead atoms. The molecule has 76 valence electrons. The van der Waals surface area contributed by atoms with E-state index in [1.54, 1.807) is 12.1 Å². The normalized spacial score (nSPS) is 10.9. The Hall–Kier alpha value is -0.990. The van der Waals surface area contributed by atoms with Crippen molar-refractivity contribution in [1.82, 2.24) is 0 Å². The molecule has 4 nitrogen and oxygen atoms in total. The van der Waals surface area contributed by atoms with Gasteiger partial charge in [-0.2, -0.15) is 0 Å². The highest BCUT2D eigenvalue weighted by Crippen LogP contribution is 2.22. The minimum absolute atomic E-state index is 0.142. The Balaban J connectivity index is 2.59. The molecule has 0 saturated heterocycles. The molecule has 1 unspecified atom stereocenters. The molecule has 0 heterocycles. The Morgan fingerprint density at radius 3 is 3.00 bits per heavy atom. The van der Waals surface area contributed by atoms with Crippen molar-refractivity contribution in [3.63, 3.8) is 0 Å². The second-order valence-electron chi connectivity index (χ2n) is 2.68. The van der Waals surface area contributed by atoms with E-state index in [0.29, 0.717) is 15.4 Å². The highest BCUT2D eigenvalue weighted by atomic mass is 31.1. The first-order chi connectivity index (χ1) is 6.74. The van der Waals surface area contributed by atoms with Crippen LogP contribution in [0.4, 0.5) is 5.69 Å². The summed E-state index contributed by atoms with van der Waals surface area (Å²) in [5.41, 5.74) is 1.09. The molecule has 0 radical (unpaired) electrons. The fourth-order valence-corrected chi connectivity index (χ4v) is 1.71. The second-order valence-corrected chi connectivity index (χ2v) is 3.61. The molecular formula is C9H12NO3P. The van der Waals surface area contributed by atoms with Crippen LogP contribution in [0.25, 0.3) is 0 Å². The van der Waals surface area contributed by atoms with Gasteiger partial charge in [0.2, 0.25) is 0 Å². The van der Waals surface area contributed by atoms with Crippen molar-refractivity contribution < 1.29 is 9.45 Å². The van der Waals surface area contributed by atoms with Gasteiger partial charge in [0.15, 0.2) is 0 Å². The number of non-ortho nitro benzene ring substituents is 1. The molecule has 1 aromatic rings. The van der Waals surface area contributed by atoms with Gasteiger partial charge in [0, 0.05) is 33.7 Å².